The summed E-state index contributed by atoms with van der Waals surface area (Å²) in [4.78, 5) is 50.5. The molecule has 5 atom stereocenters. The first-order valence-electron chi connectivity index (χ1n) is 40.4. The van der Waals surface area contributed by atoms with E-state index in [0.29, 0.717) is 11.1 Å². The van der Waals surface area contributed by atoms with Crippen molar-refractivity contribution in [1.29, 1.82) is 0 Å². The van der Waals surface area contributed by atoms with Gasteiger partial charge in [0.05, 0.1) is 29.9 Å². The first-order chi connectivity index (χ1) is 60.2. The Morgan fingerprint density at radius 1 is 0.279 bits per heavy atom. The highest BCUT2D eigenvalue weighted by Gasteiger charge is 2.53. The predicted octanol–water partition coefficient (Wildman–Crippen LogP) is 21.0. The lowest BCUT2D eigenvalue weighted by molar-refractivity contribution is -0.304. The molecule has 0 aliphatic carbocycles. The standard InChI is InChI=1S/C104H88O18/c105-101(83-56-86(108-60-72-34-12-1-13-35-72)93(112-64-76-42-20-5-21-43-76)87(57-83)109-61-73-36-14-2-15-37-73)122-104-100(118-70-82-54-32-11-33-55-82)99-96(115-67-79-48-26-8-27-49-79)90(120-104)71-119-102(106)84-58-88(110-62-74-38-16-3-17-39-74)94(113-65-77-44-22-6-23-45-77)97(116-68-80-50-28-9-29-51-80)91(84)92-85(103(107)121-99)59-89(111-63-75-40-18-4-19-41-75)95(114-66-78-46-24-7-25-47-78)98(92)117-69-81-52-30-10-31-53-81/h1-59,90,96,99-100,104H,60-71H2/t90?,96-,99?,100?,104+/m1/s1. The van der Waals surface area contributed by atoms with Crippen molar-refractivity contribution >= 4 is 17.9 Å². The molecule has 18 nitrogen and oxygen atoms in total. The van der Waals surface area contributed by atoms with Crippen molar-refractivity contribution in [3.8, 4) is 62.9 Å². The number of esters is 3. The summed E-state index contributed by atoms with van der Waals surface area (Å²) in [6.45, 7) is -1.15. The Balaban J connectivity index is 0.916. The van der Waals surface area contributed by atoms with Crippen LogP contribution in [0.2, 0.25) is 0 Å². The van der Waals surface area contributed by atoms with E-state index in [1.54, 1.807) is 0 Å². The van der Waals surface area contributed by atoms with Gasteiger partial charge in [0.15, 0.2) is 46.7 Å². The van der Waals surface area contributed by atoms with Crippen molar-refractivity contribution < 1.29 is 85.4 Å². The van der Waals surface area contributed by atoms with Crippen molar-refractivity contribution in [3.63, 3.8) is 0 Å². The third-order valence-electron chi connectivity index (χ3n) is 20.4. The highest BCUT2D eigenvalue weighted by atomic mass is 16.7. The Bertz CT molecular complexity index is 5640. The molecule has 2 bridgehead atoms. The van der Waals surface area contributed by atoms with Gasteiger partial charge in [-0.1, -0.05) is 334 Å². The number of fused-ring (bicyclic) bond motifs is 5. The van der Waals surface area contributed by atoms with Crippen molar-refractivity contribution in [2.75, 3.05) is 6.61 Å². The molecule has 0 radical (unpaired) electrons. The van der Waals surface area contributed by atoms with E-state index in [2.05, 4.69) is 0 Å². The quantitative estimate of drug-likeness (QED) is 0.0269. The van der Waals surface area contributed by atoms with Gasteiger partial charge >= 0.3 is 17.9 Å². The van der Waals surface area contributed by atoms with Crippen molar-refractivity contribution in [2.45, 2.75) is 103 Å². The van der Waals surface area contributed by atoms with E-state index in [9.17, 15) is 0 Å². The Hall–Kier alpha value is -14.4. The Morgan fingerprint density at radius 3 is 0.844 bits per heavy atom. The second-order valence-corrected chi connectivity index (χ2v) is 29.1. The molecule has 122 heavy (non-hydrogen) atoms. The van der Waals surface area contributed by atoms with Gasteiger partial charge in [0.25, 0.3) is 0 Å². The monoisotopic (exact) mass is 1620 g/mol. The summed E-state index contributed by atoms with van der Waals surface area (Å²) in [6, 6.07) is 111. The molecule has 2 aliphatic rings. The number of benzene rings is 14. The second-order valence-electron chi connectivity index (χ2n) is 29.1. The average Bonchev–Trinajstić information content (AvgIpc) is 0.731. The molecule has 0 spiro atoms. The maximum atomic E-state index is 17.6. The largest absolute Gasteiger partial charge is 0.485 e. The predicted molar refractivity (Wildman–Crippen MR) is 459 cm³/mol. The fourth-order valence-electron chi connectivity index (χ4n) is 14.2. The molecule has 1 saturated heterocycles. The highest BCUT2D eigenvalue weighted by Crippen LogP contribution is 2.57. The summed E-state index contributed by atoms with van der Waals surface area (Å²) >= 11 is 0. The lowest BCUT2D eigenvalue weighted by Crippen LogP contribution is -2.62. The molecule has 0 aromatic heterocycles. The van der Waals surface area contributed by atoms with E-state index in [1.165, 1.54) is 24.3 Å². The smallest absolute Gasteiger partial charge is 0.340 e. The molecule has 612 valence electrons. The molecular weight excluding hydrogens is 1540 g/mol. The van der Waals surface area contributed by atoms with Crippen LogP contribution in [0.4, 0.5) is 0 Å². The van der Waals surface area contributed by atoms with Crippen LogP contribution in [0.5, 0.6) is 51.7 Å². The molecule has 14 aromatic rings. The number of cyclic esters (lactones) is 1. The van der Waals surface area contributed by atoms with Gasteiger partial charge in [0, 0.05) is 11.1 Å². The van der Waals surface area contributed by atoms with Crippen LogP contribution < -0.4 is 42.6 Å². The zero-order valence-corrected chi connectivity index (χ0v) is 66.8. The highest BCUT2D eigenvalue weighted by molar-refractivity contribution is 6.09. The molecule has 16 rings (SSSR count). The summed E-state index contributed by atoms with van der Waals surface area (Å²) < 4.78 is 106. The van der Waals surface area contributed by atoms with E-state index in [4.69, 9.17) is 71.1 Å². The fraction of sp³-hybridized carbons (Fsp3) is 0.163. The van der Waals surface area contributed by atoms with E-state index in [1.807, 2.05) is 334 Å². The number of hydrogen-bond donors (Lipinski definition) is 0. The van der Waals surface area contributed by atoms with E-state index in [-0.39, 0.29) is 152 Å². The third kappa shape index (κ3) is 21.2. The third-order valence-corrected chi connectivity index (χ3v) is 20.4. The minimum Gasteiger partial charge on any atom is -0.485 e. The van der Waals surface area contributed by atoms with Crippen LogP contribution in [-0.2, 0) is 101 Å². The van der Waals surface area contributed by atoms with Gasteiger partial charge < -0.3 is 71.1 Å². The summed E-state index contributed by atoms with van der Waals surface area (Å²) in [7, 11) is 0. The van der Waals surface area contributed by atoms with Gasteiger partial charge in [-0.25, -0.2) is 14.4 Å². The van der Waals surface area contributed by atoms with Crippen LogP contribution in [0.15, 0.2) is 358 Å². The van der Waals surface area contributed by atoms with Gasteiger partial charge in [0.1, 0.15) is 78.3 Å². The van der Waals surface area contributed by atoms with Crippen LogP contribution in [0, 0.1) is 0 Å². The summed E-state index contributed by atoms with van der Waals surface area (Å²) in [5.41, 5.74) is 7.77. The normalized spacial score (nSPS) is 15.4. The van der Waals surface area contributed by atoms with Gasteiger partial charge in [-0.05, 0) is 85.5 Å². The Morgan fingerprint density at radius 2 is 0.533 bits per heavy atom. The summed E-state index contributed by atoms with van der Waals surface area (Å²) in [6.07, 6.45) is -7.93. The van der Waals surface area contributed by atoms with Crippen LogP contribution >= 0.6 is 0 Å². The van der Waals surface area contributed by atoms with Crippen LogP contribution in [0.25, 0.3) is 11.1 Å². The Kier molecular flexibility index (Phi) is 27.2. The van der Waals surface area contributed by atoms with Crippen molar-refractivity contribution in [2.24, 2.45) is 0 Å². The summed E-state index contributed by atoms with van der Waals surface area (Å²) in [5.74, 6) is -2.51. The number of rotatable bonds is 35. The fourth-order valence-corrected chi connectivity index (χ4v) is 14.2. The van der Waals surface area contributed by atoms with Crippen LogP contribution in [0.1, 0.15) is 92.3 Å². The topological polar surface area (TPSA) is 190 Å². The van der Waals surface area contributed by atoms with Crippen molar-refractivity contribution in [1.82, 2.24) is 0 Å². The molecule has 0 N–H and O–H groups in total. The lowest BCUT2D eigenvalue weighted by Gasteiger charge is -2.45. The minimum atomic E-state index is -1.82. The molecule has 2 aliphatic heterocycles. The molecule has 3 unspecified atom stereocenters. The molecule has 0 amide bonds. The SMILES string of the molecule is O=C(O[C@@H]1OC2COC(=O)c3cc(OCc4ccccc4)c(OCc4ccccc4)c(OCc4ccccc4)c3-c3c(cc(OCc4ccccc4)c(OCc4ccccc4)c3OCc3ccccc3)C(=O)OC(C1OCc1ccccc1)[C@@H]2OCc1ccccc1)c1cc(OCc2ccccc2)c(OCc2ccccc2)c(OCc2ccccc2)c1. The van der Waals surface area contributed by atoms with Crippen molar-refractivity contribution in [3.05, 3.63) is 436 Å². The van der Waals surface area contributed by atoms with Crippen LogP contribution in [0.3, 0.4) is 0 Å². The minimum absolute atomic E-state index is 0.0214. The van der Waals surface area contributed by atoms with E-state index >= 15 is 14.4 Å². The van der Waals surface area contributed by atoms with Gasteiger partial charge in [0.2, 0.25) is 23.5 Å². The summed E-state index contributed by atoms with van der Waals surface area (Å²) in [5, 5.41) is 0. The van der Waals surface area contributed by atoms with E-state index in [0.717, 1.165) is 50.1 Å². The van der Waals surface area contributed by atoms with Gasteiger partial charge in [-0.2, -0.15) is 0 Å². The maximum Gasteiger partial charge on any atom is 0.340 e. The molecule has 1 fully saturated rings. The first kappa shape index (κ1) is 81.3. The number of carbonyl (C=O) groups excluding carboxylic acids is 3. The molecule has 0 saturated carbocycles. The zero-order chi connectivity index (χ0) is 82.9. The zero-order valence-electron chi connectivity index (χ0n) is 66.8. The van der Waals surface area contributed by atoms with Crippen LogP contribution in [-0.4, -0.2) is 55.2 Å². The molecule has 2 heterocycles. The maximum absolute atomic E-state index is 17.6. The first-order valence-corrected chi connectivity index (χ1v) is 40.4. The van der Waals surface area contributed by atoms with Gasteiger partial charge in [-0.3, -0.25) is 0 Å². The molecule has 18 heteroatoms. The Labute approximate surface area is 708 Å². The van der Waals surface area contributed by atoms with Gasteiger partial charge in [-0.15, -0.1) is 0 Å². The van der Waals surface area contributed by atoms with E-state index < -0.39 is 55.2 Å². The number of hydrogen-bond acceptors (Lipinski definition) is 18. The molecular formula is C104H88O18. The number of ether oxygens (including phenoxy) is 15. The lowest BCUT2D eigenvalue weighted by atomic mass is 9.91. The average molecular weight is 1630 g/mol. The number of carbonyl (C=O) groups is 3. The molecule has 14 aromatic carbocycles. The second kappa shape index (κ2) is 40.8.